The van der Waals surface area contributed by atoms with E-state index in [1.165, 1.54) is 5.56 Å². The summed E-state index contributed by atoms with van der Waals surface area (Å²) in [6, 6.07) is 7.88. The van der Waals surface area contributed by atoms with Crippen LogP contribution in [0.15, 0.2) is 24.3 Å². The molecule has 0 fully saturated rings. The van der Waals surface area contributed by atoms with Crippen molar-refractivity contribution >= 4 is 27.5 Å². The van der Waals surface area contributed by atoms with Crippen molar-refractivity contribution in [1.82, 2.24) is 0 Å². The maximum absolute atomic E-state index is 11.6. The molecule has 0 aromatic heterocycles. The third-order valence-corrected chi connectivity index (χ3v) is 2.96. The molecule has 1 aromatic carbocycles. The van der Waals surface area contributed by atoms with Gasteiger partial charge in [-0.05, 0) is 30.0 Å². The zero-order chi connectivity index (χ0) is 12.0. The minimum Gasteiger partial charge on any atom is -0.326 e. The summed E-state index contributed by atoms with van der Waals surface area (Å²) in [4.78, 5) is 11.6. The third kappa shape index (κ3) is 4.79. The quantitative estimate of drug-likeness (QED) is 0.815. The van der Waals surface area contributed by atoms with E-state index >= 15 is 0 Å². The minimum absolute atomic E-state index is 0.0976. The molecule has 2 nitrogen and oxygen atoms in total. The maximum Gasteiger partial charge on any atom is 0.224 e. The van der Waals surface area contributed by atoms with Crippen molar-refractivity contribution in [3.05, 3.63) is 29.8 Å². The molecule has 0 radical (unpaired) electrons. The number of hydrogen-bond acceptors (Lipinski definition) is 1. The molecule has 88 valence electrons. The molecule has 0 bridgehead atoms. The highest BCUT2D eigenvalue weighted by Crippen LogP contribution is 2.14. The van der Waals surface area contributed by atoms with Gasteiger partial charge in [0.15, 0.2) is 0 Å². The molecule has 0 aliphatic heterocycles. The number of carbonyl (C=O) groups excluding carboxylic acids is 1. The molecule has 0 unspecified atom stereocenters. The summed E-state index contributed by atoms with van der Waals surface area (Å²) in [5.74, 6) is 0.667. The van der Waals surface area contributed by atoms with E-state index in [9.17, 15) is 4.79 Å². The van der Waals surface area contributed by atoms with E-state index in [1.54, 1.807) is 0 Å². The molecule has 0 spiro atoms. The molecule has 3 heteroatoms. The van der Waals surface area contributed by atoms with Gasteiger partial charge in [-0.2, -0.15) is 0 Å². The molecular formula is C13H18BrNO. The number of alkyl halides is 1. The second kappa shape index (κ2) is 6.69. The lowest BCUT2D eigenvalue weighted by atomic mass is 10.1. The number of hydrogen-bond donors (Lipinski definition) is 1. The smallest absolute Gasteiger partial charge is 0.224 e. The molecule has 1 rings (SSSR count). The number of halogens is 1. The van der Waals surface area contributed by atoms with E-state index in [0.717, 1.165) is 17.4 Å². The van der Waals surface area contributed by atoms with Gasteiger partial charge in [-0.25, -0.2) is 0 Å². The van der Waals surface area contributed by atoms with Crippen LogP contribution in [0.5, 0.6) is 0 Å². The van der Waals surface area contributed by atoms with Gasteiger partial charge in [0, 0.05) is 17.4 Å². The van der Waals surface area contributed by atoms with Gasteiger partial charge in [-0.15, -0.1) is 0 Å². The molecular weight excluding hydrogens is 266 g/mol. The lowest BCUT2D eigenvalue weighted by molar-refractivity contribution is -0.116. The van der Waals surface area contributed by atoms with Gasteiger partial charge >= 0.3 is 0 Å². The van der Waals surface area contributed by atoms with Crippen molar-refractivity contribution in [2.24, 2.45) is 5.92 Å². The SMILES string of the molecule is CC(C)CCC(=O)Nc1cccc(CBr)c1. The fourth-order valence-corrected chi connectivity index (χ4v) is 1.72. The van der Waals surface area contributed by atoms with Gasteiger partial charge in [0.25, 0.3) is 0 Å². The molecule has 0 saturated heterocycles. The Hall–Kier alpha value is -0.830. The van der Waals surface area contributed by atoms with Crippen molar-refractivity contribution in [3.63, 3.8) is 0 Å². The van der Waals surface area contributed by atoms with Gasteiger partial charge in [0.1, 0.15) is 0 Å². The van der Waals surface area contributed by atoms with Crippen LogP contribution in [0, 0.1) is 5.92 Å². The Balaban J connectivity index is 2.49. The number of nitrogens with one attached hydrogen (secondary N) is 1. The van der Waals surface area contributed by atoms with Gasteiger partial charge in [-0.1, -0.05) is 41.9 Å². The van der Waals surface area contributed by atoms with Gasteiger partial charge in [0.2, 0.25) is 5.91 Å². The summed E-state index contributed by atoms with van der Waals surface area (Å²) >= 11 is 3.39. The van der Waals surface area contributed by atoms with Crippen LogP contribution in [-0.2, 0) is 10.1 Å². The van der Waals surface area contributed by atoms with Crippen LogP contribution in [0.3, 0.4) is 0 Å². The summed E-state index contributed by atoms with van der Waals surface area (Å²) in [5.41, 5.74) is 2.05. The molecule has 0 heterocycles. The number of carbonyl (C=O) groups is 1. The maximum atomic E-state index is 11.6. The summed E-state index contributed by atoms with van der Waals surface area (Å²) in [6.45, 7) is 4.25. The van der Waals surface area contributed by atoms with Crippen LogP contribution in [-0.4, -0.2) is 5.91 Å². The molecule has 0 atom stereocenters. The first-order chi connectivity index (χ1) is 7.61. The zero-order valence-electron chi connectivity index (χ0n) is 9.79. The lowest BCUT2D eigenvalue weighted by Crippen LogP contribution is -2.12. The zero-order valence-corrected chi connectivity index (χ0v) is 11.4. The molecule has 1 N–H and O–H groups in total. The highest BCUT2D eigenvalue weighted by Gasteiger charge is 2.04. The summed E-state index contributed by atoms with van der Waals surface area (Å²) in [5, 5.41) is 3.72. The summed E-state index contributed by atoms with van der Waals surface area (Å²) in [6.07, 6.45) is 1.53. The number of anilines is 1. The Labute approximate surface area is 106 Å². The summed E-state index contributed by atoms with van der Waals surface area (Å²) in [7, 11) is 0. The summed E-state index contributed by atoms with van der Waals surface area (Å²) < 4.78 is 0. The Kier molecular flexibility index (Phi) is 5.53. The second-order valence-corrected chi connectivity index (χ2v) is 4.88. The number of benzene rings is 1. The molecule has 16 heavy (non-hydrogen) atoms. The topological polar surface area (TPSA) is 29.1 Å². The molecule has 1 aromatic rings. The molecule has 0 aliphatic carbocycles. The van der Waals surface area contributed by atoms with Crippen LogP contribution < -0.4 is 5.32 Å². The largest absolute Gasteiger partial charge is 0.326 e. The minimum atomic E-state index is 0.0976. The highest BCUT2D eigenvalue weighted by molar-refractivity contribution is 9.08. The van der Waals surface area contributed by atoms with Gasteiger partial charge in [-0.3, -0.25) is 4.79 Å². The lowest BCUT2D eigenvalue weighted by Gasteiger charge is -2.07. The Morgan fingerprint density at radius 1 is 1.44 bits per heavy atom. The number of amides is 1. The first-order valence-corrected chi connectivity index (χ1v) is 6.68. The first kappa shape index (κ1) is 13.2. The van der Waals surface area contributed by atoms with Crippen LogP contribution >= 0.6 is 15.9 Å². The van der Waals surface area contributed by atoms with Crippen molar-refractivity contribution in [2.75, 3.05) is 5.32 Å². The van der Waals surface area contributed by atoms with E-state index in [2.05, 4.69) is 35.1 Å². The average molecular weight is 284 g/mol. The first-order valence-electron chi connectivity index (χ1n) is 5.56. The van der Waals surface area contributed by atoms with Gasteiger partial charge < -0.3 is 5.32 Å². The van der Waals surface area contributed by atoms with E-state index in [-0.39, 0.29) is 5.91 Å². The van der Waals surface area contributed by atoms with Crippen molar-refractivity contribution in [2.45, 2.75) is 32.0 Å². The van der Waals surface area contributed by atoms with Gasteiger partial charge in [0.05, 0.1) is 0 Å². The van der Waals surface area contributed by atoms with Crippen molar-refractivity contribution in [1.29, 1.82) is 0 Å². The van der Waals surface area contributed by atoms with Crippen molar-refractivity contribution in [3.8, 4) is 0 Å². The molecule has 1 amide bonds. The van der Waals surface area contributed by atoms with E-state index in [1.807, 2.05) is 24.3 Å². The van der Waals surface area contributed by atoms with Crippen LogP contribution in [0.1, 0.15) is 32.3 Å². The second-order valence-electron chi connectivity index (χ2n) is 4.31. The van der Waals surface area contributed by atoms with Crippen LogP contribution in [0.4, 0.5) is 5.69 Å². The van der Waals surface area contributed by atoms with Crippen molar-refractivity contribution < 1.29 is 4.79 Å². The van der Waals surface area contributed by atoms with Crippen LogP contribution in [0.2, 0.25) is 0 Å². The predicted molar refractivity (Wildman–Crippen MR) is 71.8 cm³/mol. The molecule has 0 saturated carbocycles. The van der Waals surface area contributed by atoms with E-state index in [4.69, 9.17) is 0 Å². The Bertz CT molecular complexity index is 350. The fourth-order valence-electron chi connectivity index (χ4n) is 1.38. The average Bonchev–Trinajstić information content (AvgIpc) is 2.26. The Morgan fingerprint density at radius 3 is 2.81 bits per heavy atom. The Morgan fingerprint density at radius 2 is 2.19 bits per heavy atom. The van der Waals surface area contributed by atoms with Crippen LogP contribution in [0.25, 0.3) is 0 Å². The van der Waals surface area contributed by atoms with E-state index < -0.39 is 0 Å². The van der Waals surface area contributed by atoms with E-state index in [0.29, 0.717) is 12.3 Å². The number of rotatable bonds is 5. The predicted octanol–water partition coefficient (Wildman–Crippen LogP) is 3.96. The monoisotopic (exact) mass is 283 g/mol. The normalized spacial score (nSPS) is 10.5. The highest BCUT2D eigenvalue weighted by atomic mass is 79.9. The standard InChI is InChI=1S/C13H18BrNO/c1-10(2)6-7-13(16)15-12-5-3-4-11(8-12)9-14/h3-5,8,10H,6-7,9H2,1-2H3,(H,15,16). The third-order valence-electron chi connectivity index (χ3n) is 2.31. The fraction of sp³-hybridized carbons (Fsp3) is 0.462. The molecule has 0 aliphatic rings.